The van der Waals surface area contributed by atoms with Crippen LogP contribution in [0.25, 0.3) is 6.08 Å². The summed E-state index contributed by atoms with van der Waals surface area (Å²) < 4.78 is 15.2. The summed E-state index contributed by atoms with van der Waals surface area (Å²) in [6.07, 6.45) is 0.717. The van der Waals surface area contributed by atoms with Crippen molar-refractivity contribution in [3.63, 3.8) is 0 Å². The number of carbonyl (C=O) groups is 4. The van der Waals surface area contributed by atoms with Crippen LogP contribution in [0.4, 0.5) is 9.59 Å². The van der Waals surface area contributed by atoms with E-state index in [-0.39, 0.29) is 11.4 Å². The van der Waals surface area contributed by atoms with Gasteiger partial charge in [0.2, 0.25) is 0 Å². The van der Waals surface area contributed by atoms with Crippen LogP contribution in [0.15, 0.2) is 29.2 Å². The fraction of sp³-hybridized carbons (Fsp3) is 0.429. The molecule has 2 rings (SSSR count). The first kappa shape index (κ1) is 24.3. The van der Waals surface area contributed by atoms with Gasteiger partial charge in [0, 0.05) is 0 Å². The molecule has 1 atom stereocenters. The van der Waals surface area contributed by atoms with Gasteiger partial charge in [-0.25, -0.2) is 9.59 Å². The van der Waals surface area contributed by atoms with Gasteiger partial charge in [-0.15, -0.1) is 0 Å². The smallest absolute Gasteiger partial charge is 0.408 e. The highest BCUT2D eigenvalue weighted by atomic mass is 32.2. The van der Waals surface area contributed by atoms with E-state index in [4.69, 9.17) is 9.47 Å². The minimum Gasteiger partial charge on any atom is -0.494 e. The maximum absolute atomic E-state index is 12.7. The number of ether oxygens (including phenoxy) is 3. The highest BCUT2D eigenvalue weighted by Gasteiger charge is 2.39. The Labute approximate surface area is 185 Å². The second-order valence-corrected chi connectivity index (χ2v) is 8.51. The first-order chi connectivity index (χ1) is 14.5. The zero-order chi connectivity index (χ0) is 23.2. The zero-order valence-electron chi connectivity index (χ0n) is 18.1. The molecule has 31 heavy (non-hydrogen) atoms. The van der Waals surface area contributed by atoms with Crippen molar-refractivity contribution in [1.82, 2.24) is 10.2 Å². The molecule has 1 aliphatic heterocycles. The lowest BCUT2D eigenvalue weighted by Gasteiger charge is -2.24. The van der Waals surface area contributed by atoms with Crippen molar-refractivity contribution in [2.75, 3.05) is 20.3 Å². The molecule has 1 N–H and O–H groups in total. The lowest BCUT2D eigenvalue weighted by molar-refractivity contribution is -0.143. The number of nitrogens with one attached hydrogen (secondary N) is 1. The van der Waals surface area contributed by atoms with Crippen LogP contribution in [-0.4, -0.2) is 60.0 Å². The Balaban J connectivity index is 2.13. The van der Waals surface area contributed by atoms with E-state index in [0.717, 1.165) is 23.8 Å². The minimum absolute atomic E-state index is 0.204. The van der Waals surface area contributed by atoms with E-state index in [0.29, 0.717) is 17.9 Å². The molecule has 0 radical (unpaired) electrons. The number of methoxy groups -OCH3 is 1. The van der Waals surface area contributed by atoms with Crippen molar-refractivity contribution in [2.24, 2.45) is 0 Å². The number of amides is 3. The van der Waals surface area contributed by atoms with Crippen LogP contribution < -0.4 is 10.1 Å². The van der Waals surface area contributed by atoms with Crippen LogP contribution >= 0.6 is 11.8 Å². The van der Waals surface area contributed by atoms with Gasteiger partial charge in [0.25, 0.3) is 11.1 Å². The van der Waals surface area contributed by atoms with E-state index in [1.807, 2.05) is 6.92 Å². The molecule has 0 saturated carbocycles. The zero-order valence-corrected chi connectivity index (χ0v) is 18.9. The van der Waals surface area contributed by atoms with Crippen LogP contribution in [-0.2, 0) is 19.1 Å². The number of alkyl carbamates (subject to hydrolysis) is 1. The molecule has 0 aliphatic carbocycles. The third kappa shape index (κ3) is 7.02. The van der Waals surface area contributed by atoms with E-state index in [1.54, 1.807) is 51.1 Å². The Morgan fingerprint density at radius 2 is 1.84 bits per heavy atom. The lowest BCUT2D eigenvalue weighted by Crippen LogP contribution is -2.51. The minimum atomic E-state index is -1.27. The standard InChI is InChI=1S/C21H26N2O7S/c1-6-29-14-9-7-13(8-10-14)11-16-17(24)23(20(27)31-16)12-15(18(25)28-5)22-19(26)30-21(2,3)4/h7-11,15H,6,12H2,1-5H3,(H,22,26)/t15-/m0/s1. The predicted molar refractivity (Wildman–Crippen MR) is 115 cm³/mol. The quantitative estimate of drug-likeness (QED) is 0.498. The lowest BCUT2D eigenvalue weighted by atomic mass is 10.2. The predicted octanol–water partition coefficient (Wildman–Crippen LogP) is 3.19. The Morgan fingerprint density at radius 1 is 1.19 bits per heavy atom. The Bertz CT molecular complexity index is 875. The van der Waals surface area contributed by atoms with E-state index < -0.39 is 34.9 Å². The molecule has 0 bridgehead atoms. The van der Waals surface area contributed by atoms with E-state index in [9.17, 15) is 19.2 Å². The Kier molecular flexibility index (Phi) is 8.09. The summed E-state index contributed by atoms with van der Waals surface area (Å²) in [6.45, 7) is 7.04. The van der Waals surface area contributed by atoms with Gasteiger partial charge in [-0.3, -0.25) is 14.5 Å². The summed E-state index contributed by atoms with van der Waals surface area (Å²) in [5, 5.41) is 1.80. The molecule has 168 valence electrons. The second kappa shape index (κ2) is 10.3. The van der Waals surface area contributed by atoms with E-state index in [2.05, 4.69) is 10.1 Å². The SMILES string of the molecule is CCOc1ccc(C=C2SC(=O)N(C[C@H](NC(=O)OC(C)(C)C)C(=O)OC)C2=O)cc1. The number of imide groups is 1. The highest BCUT2D eigenvalue weighted by Crippen LogP contribution is 2.32. The molecule has 3 amide bonds. The summed E-state index contributed by atoms with van der Waals surface area (Å²) in [5.41, 5.74) is -0.0709. The molecule has 9 nitrogen and oxygen atoms in total. The summed E-state index contributed by atoms with van der Waals surface area (Å²) >= 11 is 0.753. The topological polar surface area (TPSA) is 111 Å². The van der Waals surface area contributed by atoms with Crippen LogP contribution in [0.1, 0.15) is 33.3 Å². The van der Waals surface area contributed by atoms with Crippen molar-refractivity contribution < 1.29 is 33.4 Å². The summed E-state index contributed by atoms with van der Waals surface area (Å²) in [5.74, 6) is -0.675. The fourth-order valence-electron chi connectivity index (χ4n) is 2.59. The maximum Gasteiger partial charge on any atom is 0.408 e. The molecular formula is C21H26N2O7S. The van der Waals surface area contributed by atoms with Gasteiger partial charge >= 0.3 is 12.1 Å². The maximum atomic E-state index is 12.7. The number of hydrogen-bond donors (Lipinski definition) is 1. The Hall–Kier alpha value is -3.01. The first-order valence-corrected chi connectivity index (χ1v) is 10.4. The molecule has 0 unspecified atom stereocenters. The highest BCUT2D eigenvalue weighted by molar-refractivity contribution is 8.18. The number of esters is 1. The summed E-state index contributed by atoms with van der Waals surface area (Å²) in [4.78, 5) is 50.4. The van der Waals surface area contributed by atoms with Gasteiger partial charge < -0.3 is 19.5 Å². The number of hydrogen-bond acceptors (Lipinski definition) is 8. The van der Waals surface area contributed by atoms with Crippen LogP contribution in [0.3, 0.4) is 0 Å². The average Bonchev–Trinajstić information content (AvgIpc) is 2.94. The Morgan fingerprint density at radius 3 is 2.39 bits per heavy atom. The monoisotopic (exact) mass is 450 g/mol. The van der Waals surface area contributed by atoms with Gasteiger partial charge in [0.05, 0.1) is 25.2 Å². The normalized spacial score (nSPS) is 16.3. The van der Waals surface area contributed by atoms with Gasteiger partial charge in [-0.2, -0.15) is 0 Å². The number of rotatable bonds is 7. The number of nitrogens with zero attached hydrogens (tertiary/aromatic N) is 1. The van der Waals surface area contributed by atoms with Crippen molar-refractivity contribution in [2.45, 2.75) is 39.3 Å². The molecule has 1 aromatic carbocycles. The fourth-order valence-corrected chi connectivity index (χ4v) is 3.44. The second-order valence-electron chi connectivity index (χ2n) is 7.52. The third-order valence-electron chi connectivity index (χ3n) is 3.90. The number of benzene rings is 1. The molecule has 1 aromatic rings. The average molecular weight is 451 g/mol. The van der Waals surface area contributed by atoms with Gasteiger partial charge in [-0.05, 0) is 63.2 Å². The molecule has 1 fully saturated rings. The molecule has 10 heteroatoms. The number of carbonyl (C=O) groups excluding carboxylic acids is 4. The molecule has 0 aromatic heterocycles. The van der Waals surface area contributed by atoms with E-state index >= 15 is 0 Å². The van der Waals surface area contributed by atoms with Crippen molar-refractivity contribution in [1.29, 1.82) is 0 Å². The summed E-state index contributed by atoms with van der Waals surface area (Å²) in [6, 6.07) is 5.79. The van der Waals surface area contributed by atoms with Crippen LogP contribution in [0, 0.1) is 0 Å². The van der Waals surface area contributed by atoms with Gasteiger partial charge in [0.15, 0.2) is 0 Å². The first-order valence-electron chi connectivity index (χ1n) is 9.59. The van der Waals surface area contributed by atoms with Gasteiger partial charge in [-0.1, -0.05) is 12.1 Å². The summed E-state index contributed by atoms with van der Waals surface area (Å²) in [7, 11) is 1.14. The molecule has 1 aliphatic rings. The third-order valence-corrected chi connectivity index (χ3v) is 4.81. The largest absolute Gasteiger partial charge is 0.494 e. The molecule has 0 spiro atoms. The van der Waals surface area contributed by atoms with Crippen LogP contribution in [0.5, 0.6) is 5.75 Å². The van der Waals surface area contributed by atoms with Crippen LogP contribution in [0.2, 0.25) is 0 Å². The number of thioether (sulfide) groups is 1. The molecule has 1 saturated heterocycles. The van der Waals surface area contributed by atoms with Gasteiger partial charge in [0.1, 0.15) is 17.4 Å². The molecular weight excluding hydrogens is 424 g/mol. The van der Waals surface area contributed by atoms with Crippen molar-refractivity contribution in [3.05, 3.63) is 34.7 Å². The molecule has 1 heterocycles. The van der Waals surface area contributed by atoms with E-state index in [1.165, 1.54) is 0 Å². The van der Waals surface area contributed by atoms with Crippen molar-refractivity contribution in [3.8, 4) is 5.75 Å². The van der Waals surface area contributed by atoms with Crippen molar-refractivity contribution >= 4 is 41.0 Å².